The number of amides is 1. The second-order valence-corrected chi connectivity index (χ2v) is 6.38. The van der Waals surface area contributed by atoms with Crippen molar-refractivity contribution in [2.24, 2.45) is 5.92 Å². The van der Waals surface area contributed by atoms with Crippen molar-refractivity contribution in [2.45, 2.75) is 64.0 Å². The average molecular weight is 302 g/mol. The molecular weight excluding hydrogens is 276 g/mol. The molecule has 2 aliphatic rings. The van der Waals surface area contributed by atoms with E-state index in [1.165, 1.54) is 0 Å². The van der Waals surface area contributed by atoms with E-state index >= 15 is 0 Å². The molecule has 3 atom stereocenters. The standard InChI is InChI=1S/C17H26N4O/c1-2-17(22)21-11-5-8-16(21)15-7-4-10-20(15)13-14(12-19)6-3-9-18/h14-16H,2-8,10-11,13H2,1H3/t14-,15+,16+/m0/s1. The van der Waals surface area contributed by atoms with Crippen molar-refractivity contribution in [1.29, 1.82) is 10.5 Å². The van der Waals surface area contributed by atoms with Gasteiger partial charge in [0.2, 0.25) is 5.91 Å². The second-order valence-electron chi connectivity index (χ2n) is 6.38. The Morgan fingerprint density at radius 3 is 2.64 bits per heavy atom. The van der Waals surface area contributed by atoms with Gasteiger partial charge in [0.1, 0.15) is 0 Å². The molecule has 2 fully saturated rings. The topological polar surface area (TPSA) is 71.1 Å². The normalized spacial score (nSPS) is 26.6. The first-order valence-electron chi connectivity index (χ1n) is 8.51. The predicted octanol–water partition coefficient (Wildman–Crippen LogP) is 2.30. The molecular formula is C17H26N4O. The SMILES string of the molecule is CCC(=O)N1CCC[C@@H]1[C@H]1CCCN1C[C@H](C#N)CCC#N. The van der Waals surface area contributed by atoms with Crippen LogP contribution in [0.15, 0.2) is 0 Å². The zero-order chi connectivity index (χ0) is 15.9. The fourth-order valence-corrected chi connectivity index (χ4v) is 3.94. The Morgan fingerprint density at radius 1 is 1.23 bits per heavy atom. The van der Waals surface area contributed by atoms with Gasteiger partial charge in [-0.1, -0.05) is 6.92 Å². The quantitative estimate of drug-likeness (QED) is 0.754. The van der Waals surface area contributed by atoms with Crippen LogP contribution in [-0.4, -0.2) is 47.4 Å². The maximum Gasteiger partial charge on any atom is 0.222 e. The minimum atomic E-state index is -0.0722. The largest absolute Gasteiger partial charge is 0.338 e. The molecule has 22 heavy (non-hydrogen) atoms. The van der Waals surface area contributed by atoms with Gasteiger partial charge in [0, 0.05) is 38.0 Å². The fourth-order valence-electron chi connectivity index (χ4n) is 3.94. The van der Waals surface area contributed by atoms with Crippen molar-refractivity contribution in [3.05, 3.63) is 0 Å². The van der Waals surface area contributed by atoms with Crippen LogP contribution in [-0.2, 0) is 4.79 Å². The van der Waals surface area contributed by atoms with Crippen LogP contribution in [0.1, 0.15) is 51.9 Å². The molecule has 0 N–H and O–H groups in total. The molecule has 0 bridgehead atoms. The second kappa shape index (κ2) is 8.15. The average Bonchev–Trinajstić information content (AvgIpc) is 3.18. The van der Waals surface area contributed by atoms with E-state index in [-0.39, 0.29) is 11.8 Å². The van der Waals surface area contributed by atoms with Crippen LogP contribution in [0, 0.1) is 28.6 Å². The molecule has 2 aliphatic heterocycles. The third-order valence-corrected chi connectivity index (χ3v) is 5.02. The fraction of sp³-hybridized carbons (Fsp3) is 0.824. The number of hydrogen-bond acceptors (Lipinski definition) is 4. The van der Waals surface area contributed by atoms with E-state index in [9.17, 15) is 10.1 Å². The minimum Gasteiger partial charge on any atom is -0.338 e. The molecule has 0 aromatic heterocycles. The molecule has 2 saturated heterocycles. The zero-order valence-corrected chi connectivity index (χ0v) is 13.5. The lowest BCUT2D eigenvalue weighted by molar-refractivity contribution is -0.132. The first kappa shape index (κ1) is 16.8. The molecule has 2 rings (SSSR count). The van der Waals surface area contributed by atoms with E-state index in [0.29, 0.717) is 31.3 Å². The molecule has 0 unspecified atom stereocenters. The summed E-state index contributed by atoms with van der Waals surface area (Å²) in [6.45, 7) is 4.57. The summed E-state index contributed by atoms with van der Waals surface area (Å²) in [4.78, 5) is 16.6. The van der Waals surface area contributed by atoms with E-state index in [4.69, 9.17) is 5.26 Å². The van der Waals surface area contributed by atoms with Crippen LogP contribution >= 0.6 is 0 Å². The van der Waals surface area contributed by atoms with Crippen molar-refractivity contribution >= 4 is 5.91 Å². The molecule has 5 nitrogen and oxygen atoms in total. The number of likely N-dealkylation sites (tertiary alicyclic amines) is 2. The van der Waals surface area contributed by atoms with Gasteiger partial charge in [0.25, 0.3) is 0 Å². The van der Waals surface area contributed by atoms with Gasteiger partial charge in [-0.3, -0.25) is 9.69 Å². The maximum atomic E-state index is 12.1. The Bertz CT molecular complexity index is 464. The summed E-state index contributed by atoms with van der Waals surface area (Å²) in [5.41, 5.74) is 0. The summed E-state index contributed by atoms with van der Waals surface area (Å²) in [6.07, 6.45) is 6.12. The van der Waals surface area contributed by atoms with Crippen molar-refractivity contribution in [3.8, 4) is 12.1 Å². The third-order valence-electron chi connectivity index (χ3n) is 5.02. The molecule has 0 aromatic carbocycles. The van der Waals surface area contributed by atoms with Gasteiger partial charge in [0.15, 0.2) is 0 Å². The van der Waals surface area contributed by atoms with Crippen LogP contribution in [0.5, 0.6) is 0 Å². The van der Waals surface area contributed by atoms with Crippen LogP contribution in [0.25, 0.3) is 0 Å². The van der Waals surface area contributed by atoms with Gasteiger partial charge in [-0.25, -0.2) is 0 Å². The maximum absolute atomic E-state index is 12.1. The molecule has 0 spiro atoms. The Labute approximate surface area is 133 Å². The van der Waals surface area contributed by atoms with Gasteiger partial charge in [-0.2, -0.15) is 10.5 Å². The number of nitrogens with zero attached hydrogens (tertiary/aromatic N) is 4. The summed E-state index contributed by atoms with van der Waals surface area (Å²) in [5, 5.41) is 18.0. The molecule has 1 amide bonds. The minimum absolute atomic E-state index is 0.0722. The highest BCUT2D eigenvalue weighted by Crippen LogP contribution is 2.31. The highest BCUT2D eigenvalue weighted by atomic mass is 16.2. The van der Waals surface area contributed by atoms with Crippen LogP contribution in [0.3, 0.4) is 0 Å². The van der Waals surface area contributed by atoms with Gasteiger partial charge >= 0.3 is 0 Å². The van der Waals surface area contributed by atoms with E-state index in [1.807, 2.05) is 6.92 Å². The number of carbonyl (C=O) groups excluding carboxylic acids is 1. The molecule has 2 heterocycles. The predicted molar refractivity (Wildman–Crippen MR) is 83.6 cm³/mol. The smallest absolute Gasteiger partial charge is 0.222 e. The summed E-state index contributed by atoms with van der Waals surface area (Å²) in [6, 6.07) is 5.20. The first-order valence-corrected chi connectivity index (χ1v) is 8.51. The van der Waals surface area contributed by atoms with Crippen molar-refractivity contribution in [1.82, 2.24) is 9.80 Å². The van der Waals surface area contributed by atoms with E-state index in [2.05, 4.69) is 21.9 Å². The molecule has 0 aliphatic carbocycles. The van der Waals surface area contributed by atoms with Gasteiger partial charge in [-0.05, 0) is 38.6 Å². The highest BCUT2D eigenvalue weighted by molar-refractivity contribution is 5.76. The lowest BCUT2D eigenvalue weighted by Crippen LogP contribution is -2.49. The van der Waals surface area contributed by atoms with E-state index in [1.54, 1.807) is 0 Å². The Kier molecular flexibility index (Phi) is 6.21. The Morgan fingerprint density at radius 2 is 1.95 bits per heavy atom. The summed E-state index contributed by atoms with van der Waals surface area (Å²) in [5.74, 6) is 0.188. The van der Waals surface area contributed by atoms with Gasteiger partial charge in [0.05, 0.1) is 18.1 Å². The van der Waals surface area contributed by atoms with Gasteiger partial charge in [-0.15, -0.1) is 0 Å². The lowest BCUT2D eigenvalue weighted by atomic mass is 10.00. The number of carbonyl (C=O) groups is 1. The van der Waals surface area contributed by atoms with Crippen molar-refractivity contribution in [3.63, 3.8) is 0 Å². The number of hydrogen-bond donors (Lipinski definition) is 0. The Hall–Kier alpha value is -1.59. The number of nitriles is 2. The Balaban J connectivity index is 1.99. The first-order chi connectivity index (χ1) is 10.7. The number of rotatable bonds is 6. The highest BCUT2D eigenvalue weighted by Gasteiger charge is 2.39. The van der Waals surface area contributed by atoms with Crippen LogP contribution < -0.4 is 0 Å². The monoisotopic (exact) mass is 302 g/mol. The molecule has 0 radical (unpaired) electrons. The molecule has 5 heteroatoms. The van der Waals surface area contributed by atoms with E-state index in [0.717, 1.165) is 45.3 Å². The zero-order valence-electron chi connectivity index (χ0n) is 13.5. The molecule has 0 saturated carbocycles. The summed E-state index contributed by atoms with van der Waals surface area (Å²) < 4.78 is 0. The summed E-state index contributed by atoms with van der Waals surface area (Å²) >= 11 is 0. The van der Waals surface area contributed by atoms with Crippen molar-refractivity contribution in [2.75, 3.05) is 19.6 Å². The molecule has 0 aromatic rings. The van der Waals surface area contributed by atoms with Crippen LogP contribution in [0.2, 0.25) is 0 Å². The van der Waals surface area contributed by atoms with Gasteiger partial charge < -0.3 is 4.90 Å². The third kappa shape index (κ3) is 3.78. The molecule has 120 valence electrons. The summed E-state index contributed by atoms with van der Waals surface area (Å²) in [7, 11) is 0. The van der Waals surface area contributed by atoms with Crippen molar-refractivity contribution < 1.29 is 4.79 Å². The van der Waals surface area contributed by atoms with E-state index < -0.39 is 0 Å². The van der Waals surface area contributed by atoms with Crippen LogP contribution in [0.4, 0.5) is 0 Å². The lowest BCUT2D eigenvalue weighted by Gasteiger charge is -2.35.